The van der Waals surface area contributed by atoms with Crippen LogP contribution in [0.2, 0.25) is 0 Å². The zero-order valence-electron chi connectivity index (χ0n) is 17.6. The van der Waals surface area contributed by atoms with Crippen LogP contribution in [0, 0.1) is 0 Å². The highest BCUT2D eigenvalue weighted by Gasteiger charge is 2.32. The van der Waals surface area contributed by atoms with Crippen LogP contribution in [0.25, 0.3) is 17.0 Å². The van der Waals surface area contributed by atoms with Crippen molar-refractivity contribution in [2.45, 2.75) is 19.4 Å². The van der Waals surface area contributed by atoms with Gasteiger partial charge in [-0.05, 0) is 55.3 Å². The molecule has 0 fully saturated rings. The van der Waals surface area contributed by atoms with Crippen LogP contribution in [0.4, 0.5) is 11.4 Å². The number of anilines is 2. The van der Waals surface area contributed by atoms with E-state index in [2.05, 4.69) is 15.3 Å². The van der Waals surface area contributed by atoms with Gasteiger partial charge < -0.3 is 5.32 Å². The summed E-state index contributed by atoms with van der Waals surface area (Å²) in [5.41, 5.74) is 4.36. The van der Waals surface area contributed by atoms with E-state index in [1.54, 1.807) is 24.4 Å². The smallest absolute Gasteiger partial charge is 0.255 e. The van der Waals surface area contributed by atoms with Crippen LogP contribution >= 0.6 is 0 Å². The van der Waals surface area contributed by atoms with Crippen LogP contribution in [0.1, 0.15) is 22.8 Å². The predicted molar refractivity (Wildman–Crippen MR) is 123 cm³/mol. The number of amides is 1. The molecule has 0 spiro atoms. The number of carbonyl (C=O) groups is 1. The van der Waals surface area contributed by atoms with Crippen molar-refractivity contribution in [1.82, 2.24) is 14.4 Å². The fraction of sp³-hybridized carbons (Fsp3) is 0.174. The Balaban J connectivity index is 1.34. The molecule has 1 amide bonds. The first kappa shape index (κ1) is 20.2. The first-order valence-corrected chi connectivity index (χ1v) is 12.0. The molecule has 3 heterocycles. The molecule has 0 aliphatic carbocycles. The molecule has 2 aromatic carbocycles. The van der Waals surface area contributed by atoms with Crippen LogP contribution in [-0.2, 0) is 16.4 Å². The van der Waals surface area contributed by atoms with Crippen molar-refractivity contribution in [2.24, 2.45) is 0 Å². The van der Waals surface area contributed by atoms with Crippen molar-refractivity contribution in [3.63, 3.8) is 0 Å². The van der Waals surface area contributed by atoms with E-state index in [4.69, 9.17) is 0 Å². The predicted octanol–water partition coefficient (Wildman–Crippen LogP) is 3.36. The number of nitrogens with zero attached hydrogens (tertiary/aromatic N) is 4. The van der Waals surface area contributed by atoms with E-state index in [1.807, 2.05) is 54.0 Å². The number of sulfonamides is 1. The minimum absolute atomic E-state index is 0.166. The van der Waals surface area contributed by atoms with Crippen LogP contribution in [-0.4, -0.2) is 41.0 Å². The number of rotatable bonds is 4. The third kappa shape index (κ3) is 3.60. The molecule has 1 unspecified atom stereocenters. The number of carbonyl (C=O) groups excluding carboxylic acids is 1. The van der Waals surface area contributed by atoms with Crippen LogP contribution in [0.5, 0.6) is 0 Å². The van der Waals surface area contributed by atoms with Gasteiger partial charge in [-0.15, -0.1) is 0 Å². The van der Waals surface area contributed by atoms with Gasteiger partial charge in [0.2, 0.25) is 15.8 Å². The molecule has 1 atom stereocenters. The molecule has 9 heteroatoms. The highest BCUT2D eigenvalue weighted by atomic mass is 32.2. The number of imidazole rings is 1. The molecular weight excluding hydrogens is 426 g/mol. The molecule has 0 saturated carbocycles. The summed E-state index contributed by atoms with van der Waals surface area (Å²) in [6, 6.07) is 14.2. The molecule has 2 aromatic heterocycles. The molecule has 1 N–H and O–H groups in total. The fourth-order valence-corrected chi connectivity index (χ4v) is 5.41. The topological polar surface area (TPSA) is 96.7 Å². The monoisotopic (exact) mass is 447 g/mol. The Labute approximate surface area is 185 Å². The first-order valence-electron chi connectivity index (χ1n) is 10.1. The number of fused-ring (bicyclic) bond motifs is 2. The molecule has 162 valence electrons. The standard InChI is InChI=1S/C23H21N5O3S/c1-15-12-18-13-17(6-9-21(18)28(15)32(2,30)31)22(29)25-19-7-4-16(5-8-19)20-14-27-11-3-10-24-23(27)26-20/h3-11,13-15H,12H2,1-2H3,(H,25,29). The maximum atomic E-state index is 12.8. The summed E-state index contributed by atoms with van der Waals surface area (Å²) < 4.78 is 27.4. The van der Waals surface area contributed by atoms with Crippen LogP contribution in [0.15, 0.2) is 67.1 Å². The highest BCUT2D eigenvalue weighted by molar-refractivity contribution is 7.92. The molecule has 8 nitrogen and oxygen atoms in total. The van der Waals surface area contributed by atoms with Crippen LogP contribution in [0.3, 0.4) is 0 Å². The zero-order chi connectivity index (χ0) is 22.5. The summed E-state index contributed by atoms with van der Waals surface area (Å²) in [5.74, 6) is 0.378. The lowest BCUT2D eigenvalue weighted by Crippen LogP contribution is -2.34. The highest BCUT2D eigenvalue weighted by Crippen LogP contribution is 2.34. The average Bonchev–Trinajstić information content (AvgIpc) is 3.33. The minimum atomic E-state index is -3.36. The third-order valence-electron chi connectivity index (χ3n) is 5.53. The van der Waals surface area contributed by atoms with Crippen molar-refractivity contribution in [1.29, 1.82) is 0 Å². The first-order chi connectivity index (χ1) is 15.3. The van der Waals surface area contributed by atoms with Crippen LogP contribution < -0.4 is 9.62 Å². The van der Waals surface area contributed by atoms with E-state index < -0.39 is 10.0 Å². The van der Waals surface area contributed by atoms with Gasteiger partial charge in [0.05, 0.1) is 17.6 Å². The van der Waals surface area contributed by atoms with Gasteiger partial charge in [0, 0.05) is 41.4 Å². The van der Waals surface area contributed by atoms with Crippen molar-refractivity contribution in [2.75, 3.05) is 15.9 Å². The Morgan fingerprint density at radius 3 is 2.66 bits per heavy atom. The lowest BCUT2D eigenvalue weighted by Gasteiger charge is -2.21. The van der Waals surface area contributed by atoms with Gasteiger partial charge in [-0.2, -0.15) is 0 Å². The second-order valence-electron chi connectivity index (χ2n) is 7.94. The molecule has 32 heavy (non-hydrogen) atoms. The normalized spacial score (nSPS) is 15.7. The largest absolute Gasteiger partial charge is 0.322 e. The lowest BCUT2D eigenvalue weighted by atomic mass is 10.1. The van der Waals surface area contributed by atoms with Crippen molar-refractivity contribution >= 4 is 33.1 Å². The molecule has 5 rings (SSSR count). The number of aromatic nitrogens is 3. The van der Waals surface area contributed by atoms with Gasteiger partial charge in [0.15, 0.2) is 0 Å². The molecule has 1 aliphatic heterocycles. The van der Waals surface area contributed by atoms with Gasteiger partial charge in [-0.25, -0.2) is 18.4 Å². The van der Waals surface area contributed by atoms with Gasteiger partial charge in [0.25, 0.3) is 5.91 Å². The Kier molecular flexibility index (Phi) is 4.70. The number of benzene rings is 2. The Hall–Kier alpha value is -3.72. The third-order valence-corrected chi connectivity index (χ3v) is 6.80. The van der Waals surface area contributed by atoms with Crippen molar-refractivity contribution in [3.05, 3.63) is 78.2 Å². The maximum Gasteiger partial charge on any atom is 0.255 e. The quantitative estimate of drug-likeness (QED) is 0.517. The zero-order valence-corrected chi connectivity index (χ0v) is 18.4. The average molecular weight is 448 g/mol. The number of hydrogen-bond acceptors (Lipinski definition) is 5. The summed E-state index contributed by atoms with van der Waals surface area (Å²) in [7, 11) is -3.36. The van der Waals surface area contributed by atoms with Gasteiger partial charge in [0.1, 0.15) is 0 Å². The van der Waals surface area contributed by atoms with E-state index in [0.29, 0.717) is 29.1 Å². The van der Waals surface area contributed by atoms with E-state index >= 15 is 0 Å². The fourth-order valence-electron chi connectivity index (χ4n) is 4.15. The number of nitrogens with one attached hydrogen (secondary N) is 1. The minimum Gasteiger partial charge on any atom is -0.322 e. The second-order valence-corrected chi connectivity index (χ2v) is 9.80. The Bertz CT molecular complexity index is 1410. The summed E-state index contributed by atoms with van der Waals surface area (Å²) >= 11 is 0. The van der Waals surface area contributed by atoms with Gasteiger partial charge >= 0.3 is 0 Å². The second kappa shape index (κ2) is 7.45. The maximum absolute atomic E-state index is 12.8. The van der Waals surface area contributed by atoms with Gasteiger partial charge in [-0.1, -0.05) is 12.1 Å². The molecular formula is C23H21N5O3S. The molecule has 1 aliphatic rings. The van der Waals surface area contributed by atoms with Gasteiger partial charge in [-0.3, -0.25) is 13.5 Å². The lowest BCUT2D eigenvalue weighted by molar-refractivity contribution is 0.102. The summed E-state index contributed by atoms with van der Waals surface area (Å²) in [6.07, 6.45) is 7.27. The van der Waals surface area contributed by atoms with E-state index in [9.17, 15) is 13.2 Å². The molecule has 0 saturated heterocycles. The van der Waals surface area contributed by atoms with E-state index in [0.717, 1.165) is 16.8 Å². The summed E-state index contributed by atoms with van der Waals surface area (Å²) in [5, 5.41) is 2.90. The molecule has 0 bridgehead atoms. The van der Waals surface area contributed by atoms with E-state index in [-0.39, 0.29) is 11.9 Å². The molecule has 0 radical (unpaired) electrons. The Morgan fingerprint density at radius 1 is 1.16 bits per heavy atom. The van der Waals surface area contributed by atoms with Crippen molar-refractivity contribution in [3.8, 4) is 11.3 Å². The summed E-state index contributed by atoms with van der Waals surface area (Å²) in [4.78, 5) is 21.5. The van der Waals surface area contributed by atoms with Crippen molar-refractivity contribution < 1.29 is 13.2 Å². The SMILES string of the molecule is CC1Cc2cc(C(=O)Nc3ccc(-c4cn5cccnc5n4)cc3)ccc2N1S(C)(=O)=O. The number of hydrogen-bond donors (Lipinski definition) is 1. The molecule has 4 aromatic rings. The summed E-state index contributed by atoms with van der Waals surface area (Å²) in [6.45, 7) is 1.86. The Morgan fingerprint density at radius 2 is 1.94 bits per heavy atom. The van der Waals surface area contributed by atoms with E-state index in [1.165, 1.54) is 10.6 Å².